The molecule has 102 valence electrons. The van der Waals surface area contributed by atoms with Gasteiger partial charge in [0.15, 0.2) is 0 Å². The fourth-order valence-corrected chi connectivity index (χ4v) is 1.31. The van der Waals surface area contributed by atoms with Crippen molar-refractivity contribution in [1.82, 2.24) is 5.32 Å². The summed E-state index contributed by atoms with van der Waals surface area (Å²) in [6, 6.07) is 5.94. The summed E-state index contributed by atoms with van der Waals surface area (Å²) >= 11 is 0. The molecule has 0 unspecified atom stereocenters. The molecule has 0 bridgehead atoms. The van der Waals surface area contributed by atoms with Gasteiger partial charge in [0, 0.05) is 30.3 Å². The summed E-state index contributed by atoms with van der Waals surface area (Å²) in [7, 11) is 0. The molecule has 1 aromatic rings. The number of benzene rings is 1. The maximum absolute atomic E-state index is 11.6. The second-order valence-electron chi connectivity index (χ2n) is 4.76. The topological polar surface area (TPSA) is 98.3 Å². The lowest BCUT2D eigenvalue weighted by molar-refractivity contribution is -0.384. The lowest BCUT2D eigenvalue weighted by atomic mass is 10.1. The number of carbonyl (C=O) groups is 1. The molecule has 1 aromatic carbocycles. The number of nitrogens with zero attached hydrogens (tertiary/aromatic N) is 1. The summed E-state index contributed by atoms with van der Waals surface area (Å²) in [6.07, 6.45) is 2.96. The first-order valence-corrected chi connectivity index (χ1v) is 5.79. The van der Waals surface area contributed by atoms with Gasteiger partial charge in [-0.25, -0.2) is 0 Å². The maximum Gasteiger partial charge on any atom is 0.269 e. The molecule has 0 saturated carbocycles. The minimum Gasteiger partial charge on any atom is -0.346 e. The first kappa shape index (κ1) is 14.8. The van der Waals surface area contributed by atoms with E-state index in [4.69, 9.17) is 5.73 Å². The number of amides is 1. The van der Waals surface area contributed by atoms with E-state index in [1.807, 2.05) is 13.8 Å². The first-order chi connectivity index (χ1) is 8.84. The van der Waals surface area contributed by atoms with Gasteiger partial charge in [-0.3, -0.25) is 14.9 Å². The van der Waals surface area contributed by atoms with Crippen molar-refractivity contribution in [2.75, 3.05) is 6.54 Å². The van der Waals surface area contributed by atoms with Crippen LogP contribution in [-0.4, -0.2) is 22.9 Å². The predicted molar refractivity (Wildman–Crippen MR) is 73.4 cm³/mol. The van der Waals surface area contributed by atoms with Gasteiger partial charge in [-0.05, 0) is 37.6 Å². The number of nitrogens with one attached hydrogen (secondary N) is 1. The van der Waals surface area contributed by atoms with Crippen LogP contribution in [0.2, 0.25) is 0 Å². The van der Waals surface area contributed by atoms with E-state index < -0.39 is 10.5 Å². The van der Waals surface area contributed by atoms with Gasteiger partial charge in [-0.15, -0.1) is 0 Å². The highest BCUT2D eigenvalue weighted by atomic mass is 16.6. The average Bonchev–Trinajstić information content (AvgIpc) is 2.36. The van der Waals surface area contributed by atoms with E-state index in [0.717, 1.165) is 0 Å². The molecule has 0 aliphatic heterocycles. The third-order valence-corrected chi connectivity index (χ3v) is 2.50. The fraction of sp³-hybridized carbons (Fsp3) is 0.308. The SMILES string of the molecule is CC(C)(CN)NC(=O)/C=C/c1ccc([N+](=O)[O-])cc1. The Bertz CT molecular complexity index is 492. The van der Waals surface area contributed by atoms with Crippen LogP contribution in [0.5, 0.6) is 0 Å². The molecule has 3 N–H and O–H groups in total. The molecule has 0 heterocycles. The molecule has 0 aromatic heterocycles. The Balaban J connectivity index is 2.66. The number of nitrogens with two attached hydrogens (primary N) is 1. The number of hydrogen-bond acceptors (Lipinski definition) is 4. The first-order valence-electron chi connectivity index (χ1n) is 5.79. The number of nitro benzene ring substituents is 1. The predicted octanol–water partition coefficient (Wildman–Crippen LogP) is 1.46. The molecule has 0 spiro atoms. The van der Waals surface area contributed by atoms with E-state index in [1.54, 1.807) is 18.2 Å². The van der Waals surface area contributed by atoms with Crippen LogP contribution in [0.15, 0.2) is 30.3 Å². The van der Waals surface area contributed by atoms with Crippen molar-refractivity contribution >= 4 is 17.7 Å². The van der Waals surface area contributed by atoms with Crippen LogP contribution >= 0.6 is 0 Å². The molecule has 0 atom stereocenters. The standard InChI is InChI=1S/C13H17N3O3/c1-13(2,9-14)15-12(17)8-5-10-3-6-11(7-4-10)16(18)19/h3-8H,9,14H2,1-2H3,(H,15,17)/b8-5+. The normalized spacial score (nSPS) is 11.5. The Kier molecular flexibility index (Phi) is 4.77. The van der Waals surface area contributed by atoms with Crippen LogP contribution in [0, 0.1) is 10.1 Å². The molecule has 0 fully saturated rings. The summed E-state index contributed by atoms with van der Waals surface area (Å²) in [5.41, 5.74) is 5.78. The van der Waals surface area contributed by atoms with Crippen molar-refractivity contribution in [3.63, 3.8) is 0 Å². The number of non-ortho nitro benzene ring substituents is 1. The van der Waals surface area contributed by atoms with Gasteiger partial charge in [-0.1, -0.05) is 0 Å². The van der Waals surface area contributed by atoms with Crippen LogP contribution in [0.1, 0.15) is 19.4 Å². The fourth-order valence-electron chi connectivity index (χ4n) is 1.31. The molecule has 0 saturated heterocycles. The second kappa shape index (κ2) is 6.10. The van der Waals surface area contributed by atoms with Gasteiger partial charge >= 0.3 is 0 Å². The zero-order valence-electron chi connectivity index (χ0n) is 10.9. The number of carbonyl (C=O) groups excluding carboxylic acids is 1. The molecule has 0 aliphatic rings. The maximum atomic E-state index is 11.6. The van der Waals surface area contributed by atoms with E-state index in [2.05, 4.69) is 5.32 Å². The zero-order chi connectivity index (χ0) is 14.5. The van der Waals surface area contributed by atoms with Crippen LogP contribution in [0.4, 0.5) is 5.69 Å². The number of hydrogen-bond donors (Lipinski definition) is 2. The van der Waals surface area contributed by atoms with Gasteiger partial charge in [0.2, 0.25) is 5.91 Å². The molecule has 1 rings (SSSR count). The Labute approximate surface area is 111 Å². The summed E-state index contributed by atoms with van der Waals surface area (Å²) in [4.78, 5) is 21.6. The molecule has 0 radical (unpaired) electrons. The molecule has 6 nitrogen and oxygen atoms in total. The van der Waals surface area contributed by atoms with Crippen molar-refractivity contribution in [1.29, 1.82) is 0 Å². The molecule has 19 heavy (non-hydrogen) atoms. The molecule has 0 aliphatic carbocycles. The summed E-state index contributed by atoms with van der Waals surface area (Å²) in [5.74, 6) is -0.256. The van der Waals surface area contributed by atoms with E-state index in [9.17, 15) is 14.9 Å². The van der Waals surface area contributed by atoms with Crippen LogP contribution < -0.4 is 11.1 Å². The van der Waals surface area contributed by atoms with Crippen LogP contribution in [-0.2, 0) is 4.79 Å². The largest absolute Gasteiger partial charge is 0.346 e. The van der Waals surface area contributed by atoms with Gasteiger partial charge in [0.05, 0.1) is 4.92 Å². The molecule has 1 amide bonds. The van der Waals surface area contributed by atoms with Crippen molar-refractivity contribution in [3.8, 4) is 0 Å². The lowest BCUT2D eigenvalue weighted by Gasteiger charge is -2.23. The summed E-state index contributed by atoms with van der Waals surface area (Å²) in [6.45, 7) is 3.99. The van der Waals surface area contributed by atoms with E-state index in [-0.39, 0.29) is 11.6 Å². The number of rotatable bonds is 5. The smallest absolute Gasteiger partial charge is 0.269 e. The summed E-state index contributed by atoms with van der Waals surface area (Å²) < 4.78 is 0. The lowest BCUT2D eigenvalue weighted by Crippen LogP contribution is -2.48. The van der Waals surface area contributed by atoms with Gasteiger partial charge < -0.3 is 11.1 Å². The van der Waals surface area contributed by atoms with E-state index in [0.29, 0.717) is 12.1 Å². The van der Waals surface area contributed by atoms with E-state index >= 15 is 0 Å². The Hall–Kier alpha value is -2.21. The Morgan fingerprint density at radius 2 is 2.00 bits per heavy atom. The highest BCUT2D eigenvalue weighted by Crippen LogP contribution is 2.12. The Morgan fingerprint density at radius 1 is 1.42 bits per heavy atom. The van der Waals surface area contributed by atoms with Crippen LogP contribution in [0.3, 0.4) is 0 Å². The Morgan fingerprint density at radius 3 is 2.47 bits per heavy atom. The van der Waals surface area contributed by atoms with Gasteiger partial charge in [0.1, 0.15) is 0 Å². The monoisotopic (exact) mass is 263 g/mol. The van der Waals surface area contributed by atoms with Crippen molar-refractivity contribution < 1.29 is 9.72 Å². The van der Waals surface area contributed by atoms with Gasteiger partial charge in [0.25, 0.3) is 5.69 Å². The summed E-state index contributed by atoms with van der Waals surface area (Å²) in [5, 5.41) is 13.2. The minimum atomic E-state index is -0.468. The average molecular weight is 263 g/mol. The quantitative estimate of drug-likeness (QED) is 0.477. The highest BCUT2D eigenvalue weighted by Gasteiger charge is 2.16. The molecular weight excluding hydrogens is 246 g/mol. The van der Waals surface area contributed by atoms with E-state index in [1.165, 1.54) is 18.2 Å². The third-order valence-electron chi connectivity index (χ3n) is 2.50. The number of nitro groups is 1. The molecule has 6 heteroatoms. The minimum absolute atomic E-state index is 0.0193. The van der Waals surface area contributed by atoms with Gasteiger partial charge in [-0.2, -0.15) is 0 Å². The van der Waals surface area contributed by atoms with Crippen LogP contribution in [0.25, 0.3) is 6.08 Å². The second-order valence-corrected chi connectivity index (χ2v) is 4.76. The highest BCUT2D eigenvalue weighted by molar-refractivity contribution is 5.92. The molecular formula is C13H17N3O3. The van der Waals surface area contributed by atoms with Crippen molar-refractivity contribution in [2.24, 2.45) is 5.73 Å². The third kappa shape index (κ3) is 4.89. The van der Waals surface area contributed by atoms with Crippen molar-refractivity contribution in [2.45, 2.75) is 19.4 Å². The zero-order valence-corrected chi connectivity index (χ0v) is 10.9. The van der Waals surface area contributed by atoms with Crippen molar-refractivity contribution in [3.05, 3.63) is 46.0 Å².